The molecule has 0 bridgehead atoms. The first-order chi connectivity index (χ1) is 8.77. The predicted octanol–water partition coefficient (Wildman–Crippen LogP) is 3.11. The van der Waals surface area contributed by atoms with Crippen molar-refractivity contribution in [3.8, 4) is 0 Å². The van der Waals surface area contributed by atoms with Gasteiger partial charge in [-0.05, 0) is 37.8 Å². The van der Waals surface area contributed by atoms with Crippen LogP contribution in [0, 0.1) is 0 Å². The lowest BCUT2D eigenvalue weighted by Crippen LogP contribution is -2.47. The highest BCUT2D eigenvalue weighted by Crippen LogP contribution is 2.27. The Morgan fingerprint density at radius 2 is 2.11 bits per heavy atom. The number of benzene rings is 1. The van der Waals surface area contributed by atoms with Crippen LogP contribution in [-0.2, 0) is 11.2 Å². The molecule has 1 saturated heterocycles. The molecule has 1 aliphatic heterocycles. The average Bonchev–Trinajstić information content (AvgIpc) is 2.87. The Bertz CT molecular complexity index is 379. The zero-order chi connectivity index (χ0) is 12.8. The SMILES string of the molecule is CCCC1(C(=O)CCc2ccccc2)CCCN1. The maximum Gasteiger partial charge on any atom is 0.153 e. The van der Waals surface area contributed by atoms with Crippen LogP contribution in [0.5, 0.6) is 0 Å². The molecule has 1 aromatic rings. The molecule has 1 aliphatic rings. The van der Waals surface area contributed by atoms with Crippen molar-refractivity contribution in [2.24, 2.45) is 0 Å². The van der Waals surface area contributed by atoms with Crippen LogP contribution < -0.4 is 5.32 Å². The zero-order valence-electron chi connectivity index (χ0n) is 11.2. The first-order valence-electron chi connectivity index (χ1n) is 7.09. The zero-order valence-corrected chi connectivity index (χ0v) is 11.2. The molecular formula is C16H23NO. The van der Waals surface area contributed by atoms with Gasteiger partial charge in [0.2, 0.25) is 0 Å². The highest BCUT2D eigenvalue weighted by Gasteiger charge is 2.38. The number of ketones is 1. The van der Waals surface area contributed by atoms with Crippen LogP contribution in [0.3, 0.4) is 0 Å². The van der Waals surface area contributed by atoms with Gasteiger partial charge < -0.3 is 5.32 Å². The Morgan fingerprint density at radius 1 is 1.33 bits per heavy atom. The van der Waals surface area contributed by atoms with E-state index in [1.54, 1.807) is 0 Å². The Labute approximate surface area is 110 Å². The number of rotatable bonds is 6. The van der Waals surface area contributed by atoms with Crippen LogP contribution in [0.4, 0.5) is 0 Å². The summed E-state index contributed by atoms with van der Waals surface area (Å²) in [5.74, 6) is 0.408. The van der Waals surface area contributed by atoms with Gasteiger partial charge in [0.1, 0.15) is 0 Å². The molecule has 1 aromatic carbocycles. The summed E-state index contributed by atoms with van der Waals surface area (Å²) < 4.78 is 0. The lowest BCUT2D eigenvalue weighted by atomic mass is 9.84. The van der Waals surface area contributed by atoms with Crippen LogP contribution in [0.1, 0.15) is 44.6 Å². The Balaban J connectivity index is 1.94. The van der Waals surface area contributed by atoms with Crippen molar-refractivity contribution in [2.45, 2.75) is 51.0 Å². The number of carbonyl (C=O) groups is 1. The van der Waals surface area contributed by atoms with Crippen LogP contribution in [0.2, 0.25) is 0 Å². The normalized spacial score (nSPS) is 23.2. The summed E-state index contributed by atoms with van der Waals surface area (Å²) in [4.78, 5) is 12.5. The van der Waals surface area contributed by atoms with Crippen molar-refractivity contribution in [1.82, 2.24) is 5.32 Å². The van der Waals surface area contributed by atoms with E-state index >= 15 is 0 Å². The van der Waals surface area contributed by atoms with Gasteiger partial charge in [-0.2, -0.15) is 0 Å². The van der Waals surface area contributed by atoms with E-state index in [1.807, 2.05) is 18.2 Å². The van der Waals surface area contributed by atoms with E-state index in [2.05, 4.69) is 24.4 Å². The molecule has 1 unspecified atom stereocenters. The number of Topliss-reactive ketones (excluding diaryl/α,β-unsaturated/α-hetero) is 1. The summed E-state index contributed by atoms with van der Waals surface area (Å²) in [7, 11) is 0. The van der Waals surface area contributed by atoms with Crippen LogP contribution in [0.15, 0.2) is 30.3 Å². The van der Waals surface area contributed by atoms with Crippen LogP contribution >= 0.6 is 0 Å². The molecule has 0 spiro atoms. The molecule has 18 heavy (non-hydrogen) atoms. The van der Waals surface area contributed by atoms with Crippen molar-refractivity contribution >= 4 is 5.78 Å². The standard InChI is InChI=1S/C16H23NO/c1-2-11-16(12-6-13-17-16)15(18)10-9-14-7-4-3-5-8-14/h3-5,7-8,17H,2,6,9-13H2,1H3. The molecule has 1 fully saturated rings. The number of carbonyl (C=O) groups excluding carboxylic acids is 1. The van der Waals surface area contributed by atoms with Gasteiger partial charge in [-0.1, -0.05) is 43.7 Å². The Morgan fingerprint density at radius 3 is 2.72 bits per heavy atom. The minimum Gasteiger partial charge on any atom is -0.305 e. The van der Waals surface area contributed by atoms with Crippen molar-refractivity contribution in [2.75, 3.05) is 6.54 Å². The van der Waals surface area contributed by atoms with Gasteiger partial charge in [-0.25, -0.2) is 0 Å². The molecule has 0 aromatic heterocycles. The lowest BCUT2D eigenvalue weighted by molar-refractivity contribution is -0.125. The molecule has 2 nitrogen and oxygen atoms in total. The minimum atomic E-state index is -0.205. The van der Waals surface area contributed by atoms with Gasteiger partial charge >= 0.3 is 0 Å². The highest BCUT2D eigenvalue weighted by molar-refractivity contribution is 5.88. The van der Waals surface area contributed by atoms with E-state index in [0.717, 1.165) is 38.6 Å². The van der Waals surface area contributed by atoms with Gasteiger partial charge in [-0.15, -0.1) is 0 Å². The average molecular weight is 245 g/mol. The Kier molecular flexibility index (Phi) is 4.54. The molecule has 1 heterocycles. The van der Waals surface area contributed by atoms with Crippen LogP contribution in [-0.4, -0.2) is 17.9 Å². The molecular weight excluding hydrogens is 222 g/mol. The Hall–Kier alpha value is -1.15. The van der Waals surface area contributed by atoms with Crippen LogP contribution in [0.25, 0.3) is 0 Å². The molecule has 2 heteroatoms. The lowest BCUT2D eigenvalue weighted by Gasteiger charge is -2.27. The molecule has 1 N–H and O–H groups in total. The highest BCUT2D eigenvalue weighted by atomic mass is 16.1. The minimum absolute atomic E-state index is 0.205. The summed E-state index contributed by atoms with van der Waals surface area (Å²) in [6.07, 6.45) is 5.75. The van der Waals surface area contributed by atoms with Crippen molar-refractivity contribution in [3.05, 3.63) is 35.9 Å². The number of nitrogens with one attached hydrogen (secondary N) is 1. The molecule has 0 aliphatic carbocycles. The summed E-state index contributed by atoms with van der Waals surface area (Å²) in [6, 6.07) is 10.3. The molecule has 2 rings (SSSR count). The number of hydrogen-bond acceptors (Lipinski definition) is 2. The van der Waals surface area contributed by atoms with Gasteiger partial charge in [0, 0.05) is 6.42 Å². The summed E-state index contributed by atoms with van der Waals surface area (Å²) in [6.45, 7) is 3.16. The van der Waals surface area contributed by atoms with E-state index < -0.39 is 0 Å². The molecule has 98 valence electrons. The third kappa shape index (κ3) is 2.99. The van der Waals surface area contributed by atoms with Gasteiger partial charge in [-0.3, -0.25) is 4.79 Å². The van der Waals surface area contributed by atoms with Crippen molar-refractivity contribution in [3.63, 3.8) is 0 Å². The van der Waals surface area contributed by atoms with E-state index in [0.29, 0.717) is 12.2 Å². The van der Waals surface area contributed by atoms with Gasteiger partial charge in [0.15, 0.2) is 5.78 Å². The fourth-order valence-corrected chi connectivity index (χ4v) is 2.97. The second kappa shape index (κ2) is 6.14. The predicted molar refractivity (Wildman–Crippen MR) is 74.6 cm³/mol. The van der Waals surface area contributed by atoms with E-state index in [4.69, 9.17) is 0 Å². The number of aryl methyl sites for hydroxylation is 1. The quantitative estimate of drug-likeness (QED) is 0.834. The second-order valence-corrected chi connectivity index (χ2v) is 5.27. The largest absolute Gasteiger partial charge is 0.305 e. The fraction of sp³-hybridized carbons (Fsp3) is 0.562. The summed E-state index contributed by atoms with van der Waals surface area (Å²) in [5, 5.41) is 3.46. The monoisotopic (exact) mass is 245 g/mol. The molecule has 0 amide bonds. The van der Waals surface area contributed by atoms with E-state index in [-0.39, 0.29) is 5.54 Å². The van der Waals surface area contributed by atoms with Crippen molar-refractivity contribution in [1.29, 1.82) is 0 Å². The van der Waals surface area contributed by atoms with Crippen molar-refractivity contribution < 1.29 is 4.79 Å². The maximum atomic E-state index is 12.5. The first-order valence-corrected chi connectivity index (χ1v) is 7.09. The number of hydrogen-bond donors (Lipinski definition) is 1. The van der Waals surface area contributed by atoms with E-state index in [9.17, 15) is 4.79 Å². The maximum absolute atomic E-state index is 12.5. The third-order valence-electron chi connectivity index (χ3n) is 3.94. The summed E-state index contributed by atoms with van der Waals surface area (Å²) in [5.41, 5.74) is 1.05. The molecule has 1 atom stereocenters. The smallest absolute Gasteiger partial charge is 0.153 e. The molecule has 0 radical (unpaired) electrons. The third-order valence-corrected chi connectivity index (χ3v) is 3.94. The molecule has 0 saturated carbocycles. The fourth-order valence-electron chi connectivity index (χ4n) is 2.97. The van der Waals surface area contributed by atoms with Gasteiger partial charge in [0.05, 0.1) is 5.54 Å². The summed E-state index contributed by atoms with van der Waals surface area (Å²) >= 11 is 0. The van der Waals surface area contributed by atoms with Gasteiger partial charge in [0.25, 0.3) is 0 Å². The topological polar surface area (TPSA) is 29.1 Å². The second-order valence-electron chi connectivity index (χ2n) is 5.27. The van der Waals surface area contributed by atoms with E-state index in [1.165, 1.54) is 5.56 Å². The first kappa shape index (κ1) is 13.3.